The van der Waals surface area contributed by atoms with Crippen molar-refractivity contribution in [3.05, 3.63) is 93.1 Å². The molecule has 2 aromatic carbocycles. The van der Waals surface area contributed by atoms with Crippen molar-refractivity contribution in [2.45, 2.75) is 127 Å². The molecule has 3 rings (SSSR count). The van der Waals surface area contributed by atoms with E-state index in [0.717, 1.165) is 76.3 Å². The standard InChI is InChI=1S/C58H87N9O14S.Lu/c1-4-64-30-32-65(5-2)41-46(67(6-3)35-34-66(33-31-64)36-37-81-80)39-43-21-23-45(24-22-43)60-52(82)20-13-8-7-12-19-51(69)61-47(25-27-53(70)71)50(68)40-44(38-42-16-10-9-11-17-42)55(74)59-29-15-14-18-48(56(75)76)62-58(79)63-49(57(77)78)26-28-54(72)73;/h9-11,16-17,21-24,37,44,46-49,80H,1-8,12-15,18-20,25-36,38-41H2,(H,59,74)(H,60,82)(H,61,69)(H,70,71)(H,72,73)(H,75,76)(H,77,78)(H2,62,63,79);/q-4;/t44-,46+,47+,48+,49+;/m1./s1. The Balaban J connectivity index is 0.0000235. The summed E-state index contributed by atoms with van der Waals surface area (Å²) in [6.07, 6.45) is 3.05. The Hall–Kier alpha value is -4.92. The molecule has 0 saturated carbocycles. The van der Waals surface area contributed by atoms with Crippen LogP contribution in [0.4, 0.5) is 10.5 Å². The maximum absolute atomic E-state index is 13.9. The average Bonchev–Trinajstić information content (AvgIpc) is 3.44. The molecule has 0 unspecified atom stereocenters. The van der Waals surface area contributed by atoms with Crippen molar-refractivity contribution in [3.63, 3.8) is 0 Å². The Morgan fingerprint density at radius 1 is 0.639 bits per heavy atom. The first-order valence-corrected chi connectivity index (χ1v) is 28.6. The number of Topliss-reactive ketones (excluding diaryl/α,β-unsaturated/α-hetero) is 1. The molecule has 2 aromatic rings. The topological polar surface area (TPSA) is 320 Å². The minimum Gasteiger partial charge on any atom is -0.481 e. The molecular formula is C58H87LuN9O14S-4. The molecule has 0 aliphatic carbocycles. The van der Waals surface area contributed by atoms with E-state index in [0.29, 0.717) is 50.4 Å². The van der Waals surface area contributed by atoms with E-state index in [4.69, 9.17) is 22.6 Å². The number of carboxylic acids is 4. The van der Waals surface area contributed by atoms with Gasteiger partial charge in [0.15, 0.2) is 5.78 Å². The molecular weight excluding hydrogens is 1250 g/mol. The maximum atomic E-state index is 13.9. The Labute approximate surface area is 523 Å². The summed E-state index contributed by atoms with van der Waals surface area (Å²) in [5.74, 6) is -7.62. The fourth-order valence-corrected chi connectivity index (χ4v) is 9.75. The van der Waals surface area contributed by atoms with Gasteiger partial charge in [0.05, 0.1) is 11.0 Å². The van der Waals surface area contributed by atoms with Gasteiger partial charge in [0.1, 0.15) is 12.1 Å². The molecule has 0 spiro atoms. The van der Waals surface area contributed by atoms with Crippen LogP contribution in [-0.4, -0.2) is 200 Å². The van der Waals surface area contributed by atoms with Crippen LogP contribution in [0.15, 0.2) is 54.6 Å². The zero-order valence-electron chi connectivity index (χ0n) is 47.4. The third kappa shape index (κ3) is 31.7. The molecule has 83 heavy (non-hydrogen) atoms. The number of anilines is 1. The number of carbonyl (C=O) groups is 8. The first-order chi connectivity index (χ1) is 39.3. The molecule has 1 heterocycles. The van der Waals surface area contributed by atoms with Crippen LogP contribution in [-0.2, 0) is 51.3 Å². The number of nitrogens with one attached hydrogen (secondary N) is 5. The van der Waals surface area contributed by atoms with E-state index in [2.05, 4.69) is 84.0 Å². The van der Waals surface area contributed by atoms with Crippen LogP contribution in [0.1, 0.15) is 101 Å². The fraction of sp³-hybridized carbons (Fsp3) is 0.569. The van der Waals surface area contributed by atoms with Gasteiger partial charge in [-0.05, 0) is 87.5 Å². The number of aliphatic carboxylic acids is 4. The number of carboxylic acid groups (broad SMARTS) is 4. The fourth-order valence-electron chi connectivity index (χ4n) is 9.49. The van der Waals surface area contributed by atoms with Gasteiger partial charge in [-0.2, -0.15) is 6.61 Å². The summed E-state index contributed by atoms with van der Waals surface area (Å²) in [7, 11) is 0. The summed E-state index contributed by atoms with van der Waals surface area (Å²) in [6.45, 7) is 22.5. The van der Waals surface area contributed by atoms with Gasteiger partial charge in [-0.25, -0.2) is 14.4 Å². The maximum Gasteiger partial charge on any atom is 0.326 e. The monoisotopic (exact) mass is 1340 g/mol. The molecule has 10 N–H and O–H groups in total. The predicted molar refractivity (Wildman–Crippen MR) is 313 cm³/mol. The number of rotatable bonds is 38. The number of amides is 4. The summed E-state index contributed by atoms with van der Waals surface area (Å²) in [4.78, 5) is 113. The predicted octanol–water partition coefficient (Wildman–Crippen LogP) is 4.58. The molecule has 25 heteroatoms. The van der Waals surface area contributed by atoms with E-state index in [-0.39, 0.29) is 94.4 Å². The van der Waals surface area contributed by atoms with E-state index >= 15 is 0 Å². The Kier molecular flexibility index (Phi) is 38.3. The molecule has 1 aliphatic heterocycles. The molecule has 473 valence electrons. The number of urea groups is 1. The Morgan fingerprint density at radius 3 is 1.81 bits per heavy atom. The van der Waals surface area contributed by atoms with Crippen molar-refractivity contribution in [2.75, 3.05) is 83.9 Å². The van der Waals surface area contributed by atoms with E-state index < -0.39 is 90.8 Å². The van der Waals surface area contributed by atoms with Crippen molar-refractivity contribution >= 4 is 70.4 Å². The van der Waals surface area contributed by atoms with E-state index in [9.17, 15) is 53.7 Å². The van der Waals surface area contributed by atoms with E-state index in [1.54, 1.807) is 30.3 Å². The van der Waals surface area contributed by atoms with Crippen LogP contribution in [0.2, 0.25) is 0 Å². The van der Waals surface area contributed by atoms with Crippen LogP contribution < -0.4 is 26.6 Å². The van der Waals surface area contributed by atoms with Crippen molar-refractivity contribution in [3.8, 4) is 0 Å². The molecule has 23 nitrogen and oxygen atoms in total. The number of carbonyl (C=O) groups excluding carboxylic acids is 4. The van der Waals surface area contributed by atoms with Crippen LogP contribution in [0.25, 0.3) is 0 Å². The van der Waals surface area contributed by atoms with Crippen LogP contribution >= 0.6 is 12.2 Å². The number of ketones is 1. The average molecular weight is 1340 g/mol. The molecule has 1 radical (unpaired) electrons. The minimum atomic E-state index is -1.56. The van der Waals surface area contributed by atoms with Crippen molar-refractivity contribution in [1.29, 1.82) is 0 Å². The van der Waals surface area contributed by atoms with E-state index in [1.807, 2.05) is 12.1 Å². The molecule has 0 aromatic heterocycles. The molecule has 1 aliphatic rings. The first kappa shape index (κ1) is 74.2. The SMILES string of the molecule is [CH2-]CN1CCN(C[CH-]OO)CCN(C[CH2-])[C@@H](Cc2ccc(NC(=S)CCCCCCC(=O)N[C@@H](CCC(=O)O)C(=O)C[C@@H](Cc3ccccc3)C(=O)NCCCC[C@H](NC(=O)N[C@@H](CCC(=O)O)C(=O)O)C(=O)O)cc2)CN(C[CH2-])CC1.[Lu]. The zero-order chi connectivity index (χ0) is 60.2. The molecule has 0 bridgehead atoms. The summed E-state index contributed by atoms with van der Waals surface area (Å²) in [6, 6.07) is 12.2. The number of benzene rings is 2. The van der Waals surface area contributed by atoms with Gasteiger partial charge in [0.2, 0.25) is 11.8 Å². The largest absolute Gasteiger partial charge is 0.481 e. The van der Waals surface area contributed by atoms with Crippen LogP contribution in [0.3, 0.4) is 0 Å². The van der Waals surface area contributed by atoms with E-state index in [1.165, 1.54) is 12.2 Å². The van der Waals surface area contributed by atoms with Gasteiger partial charge in [0, 0.05) is 133 Å². The zero-order valence-corrected chi connectivity index (χ0v) is 49.9. The normalized spacial score (nSPS) is 16.3. The van der Waals surface area contributed by atoms with Crippen molar-refractivity contribution in [2.24, 2.45) is 5.92 Å². The summed E-state index contributed by atoms with van der Waals surface area (Å²) < 4.78 is 0. The summed E-state index contributed by atoms with van der Waals surface area (Å²) in [5.41, 5.74) is 2.83. The number of hydrogen-bond donors (Lipinski definition) is 10. The van der Waals surface area contributed by atoms with Gasteiger partial charge in [0.25, 0.3) is 0 Å². The smallest absolute Gasteiger partial charge is 0.326 e. The molecule has 1 saturated heterocycles. The number of unbranched alkanes of at least 4 members (excludes halogenated alkanes) is 4. The molecule has 1 fully saturated rings. The summed E-state index contributed by atoms with van der Waals surface area (Å²) in [5, 5.41) is 59.4. The number of thiocarbonyl (C=S) groups is 1. The molecule has 5 atom stereocenters. The third-order valence-corrected chi connectivity index (χ3v) is 14.6. The minimum absolute atomic E-state index is 0. The van der Waals surface area contributed by atoms with Gasteiger partial charge < -0.3 is 92.3 Å². The van der Waals surface area contributed by atoms with Crippen molar-refractivity contribution in [1.82, 2.24) is 40.9 Å². The third-order valence-electron chi connectivity index (χ3n) is 14.3. The second-order valence-electron chi connectivity index (χ2n) is 20.5. The van der Waals surface area contributed by atoms with Gasteiger partial charge >= 0.3 is 29.9 Å². The number of hydrogen-bond acceptors (Lipinski definition) is 15. The number of nitrogens with zero attached hydrogens (tertiary/aromatic N) is 4. The first-order valence-electron chi connectivity index (χ1n) is 28.2. The van der Waals surface area contributed by atoms with Gasteiger partial charge in [-0.3, -0.25) is 29.2 Å². The van der Waals surface area contributed by atoms with Gasteiger partial charge in [-0.15, -0.1) is 26.2 Å². The van der Waals surface area contributed by atoms with Crippen LogP contribution in [0, 0.1) is 70.2 Å². The summed E-state index contributed by atoms with van der Waals surface area (Å²) >= 11 is 5.69. The second-order valence-corrected chi connectivity index (χ2v) is 21.0. The van der Waals surface area contributed by atoms with Crippen molar-refractivity contribution < 1.29 is 106 Å². The Bertz CT molecular complexity index is 2290. The van der Waals surface area contributed by atoms with Crippen LogP contribution in [0.5, 0.6) is 0 Å². The molecule has 4 amide bonds. The Morgan fingerprint density at radius 2 is 1.22 bits per heavy atom. The van der Waals surface area contributed by atoms with Gasteiger partial charge in [-0.1, -0.05) is 67.5 Å². The quantitative estimate of drug-likeness (QED) is 0.0145. The second kappa shape index (κ2) is 42.8.